The number of nitrogens with zero attached hydrogens (tertiary/aromatic N) is 3. The maximum Gasteiger partial charge on any atom is 0.410 e. The average molecular weight is 568 g/mol. The first-order valence-electron chi connectivity index (χ1n) is 13.2. The maximum absolute atomic E-state index is 14.9. The van der Waals surface area contributed by atoms with Gasteiger partial charge in [0.05, 0.1) is 18.7 Å². The van der Waals surface area contributed by atoms with E-state index in [-0.39, 0.29) is 6.61 Å². The molecule has 2 aromatic carbocycles. The molecule has 2 saturated heterocycles. The summed E-state index contributed by atoms with van der Waals surface area (Å²) >= 11 is 0. The number of carbonyl (C=O) groups is 1. The third-order valence-electron chi connectivity index (χ3n) is 7.94. The molecule has 0 bridgehead atoms. The summed E-state index contributed by atoms with van der Waals surface area (Å²) in [4.78, 5) is 16.1. The van der Waals surface area contributed by atoms with Gasteiger partial charge in [0.2, 0.25) is 10.0 Å². The van der Waals surface area contributed by atoms with Crippen molar-refractivity contribution >= 4 is 16.1 Å². The fraction of sp³-hybridized carbons (Fsp3) is 0.519. The quantitative estimate of drug-likeness (QED) is 0.549. The highest BCUT2D eigenvalue weighted by molar-refractivity contribution is 7.89. The predicted molar refractivity (Wildman–Crippen MR) is 136 cm³/mol. The van der Waals surface area contributed by atoms with E-state index in [0.29, 0.717) is 76.5 Å². The minimum absolute atomic E-state index is 0.0284. The number of piperazine rings is 1. The molecule has 8 nitrogen and oxygen atoms in total. The molecule has 2 aromatic rings. The molecule has 2 aliphatic heterocycles. The van der Waals surface area contributed by atoms with Crippen LogP contribution in [0.15, 0.2) is 47.4 Å². The molecule has 1 N–H and O–H groups in total. The van der Waals surface area contributed by atoms with Gasteiger partial charge in [0, 0.05) is 38.8 Å². The Balaban J connectivity index is 1.47. The first-order valence-corrected chi connectivity index (χ1v) is 14.6. The second-order valence-corrected chi connectivity index (χ2v) is 12.2. The lowest BCUT2D eigenvalue weighted by Gasteiger charge is -2.45. The van der Waals surface area contributed by atoms with Crippen LogP contribution in [0.3, 0.4) is 0 Å². The zero-order valence-electron chi connectivity index (χ0n) is 21.4. The summed E-state index contributed by atoms with van der Waals surface area (Å²) in [6, 6.07) is 6.28. The lowest BCUT2D eigenvalue weighted by atomic mass is 9.90. The van der Waals surface area contributed by atoms with Crippen molar-refractivity contribution < 1.29 is 36.2 Å². The number of aliphatic hydroxyl groups excluding tert-OH is 1. The second kappa shape index (κ2) is 11.1. The van der Waals surface area contributed by atoms with Gasteiger partial charge >= 0.3 is 6.09 Å². The summed E-state index contributed by atoms with van der Waals surface area (Å²) in [7, 11) is -4.55. The Morgan fingerprint density at radius 1 is 1.00 bits per heavy atom. The molecular formula is C27H32F3N3O5S. The summed E-state index contributed by atoms with van der Waals surface area (Å²) in [6.45, 7) is 2.53. The molecule has 0 radical (unpaired) electrons. The van der Waals surface area contributed by atoms with Crippen LogP contribution in [0, 0.1) is 17.5 Å². The van der Waals surface area contributed by atoms with Crippen molar-refractivity contribution in [1.82, 2.24) is 14.1 Å². The molecule has 212 valence electrons. The first-order chi connectivity index (χ1) is 18.6. The normalized spacial score (nSPS) is 23.9. The molecule has 39 heavy (non-hydrogen) atoms. The van der Waals surface area contributed by atoms with E-state index in [1.807, 2.05) is 4.90 Å². The SMILES string of the molecule is O=C(OC1([C@H]2CCC[C@@H](c3cccc(F)c3)N2S(=O)(=O)c2ccc(F)cc2F)CC1)N1CCN(CCO)CC1. The van der Waals surface area contributed by atoms with Gasteiger partial charge in [-0.3, -0.25) is 4.90 Å². The molecule has 3 aliphatic rings. The number of amides is 1. The van der Waals surface area contributed by atoms with Crippen LogP contribution in [0.1, 0.15) is 43.7 Å². The van der Waals surface area contributed by atoms with E-state index in [0.717, 1.165) is 12.1 Å². The number of benzene rings is 2. The highest BCUT2D eigenvalue weighted by Crippen LogP contribution is 2.52. The van der Waals surface area contributed by atoms with E-state index >= 15 is 0 Å². The first kappa shape index (κ1) is 27.9. The van der Waals surface area contributed by atoms with E-state index in [1.165, 1.54) is 22.5 Å². The third-order valence-corrected chi connectivity index (χ3v) is 9.89. The fourth-order valence-electron chi connectivity index (χ4n) is 5.79. The zero-order chi connectivity index (χ0) is 27.8. The van der Waals surface area contributed by atoms with Gasteiger partial charge in [-0.1, -0.05) is 12.1 Å². The standard InChI is InChI=1S/C27H32F3N3O5S/c28-20-4-1-3-19(17-20)23-5-2-6-25(33(23)39(36,37)24-8-7-21(29)18-22(24)30)27(9-10-27)38-26(35)32-13-11-31(12-14-32)15-16-34/h1,3-4,7-8,17-18,23,25,34H,2,5-6,9-16H2/t23-,25+/m0/s1. The van der Waals surface area contributed by atoms with Crippen molar-refractivity contribution in [3.05, 3.63) is 65.5 Å². The number of carbonyl (C=O) groups excluding carboxylic acids is 1. The van der Waals surface area contributed by atoms with Crippen LogP contribution in [0.25, 0.3) is 0 Å². The van der Waals surface area contributed by atoms with Gasteiger partial charge < -0.3 is 14.7 Å². The van der Waals surface area contributed by atoms with E-state index in [1.54, 1.807) is 11.0 Å². The number of rotatable bonds is 7. The van der Waals surface area contributed by atoms with Gasteiger partial charge in [-0.05, 0) is 61.9 Å². The number of halogens is 3. The average Bonchev–Trinajstić information content (AvgIpc) is 3.69. The van der Waals surface area contributed by atoms with Gasteiger partial charge in [0.25, 0.3) is 0 Å². The van der Waals surface area contributed by atoms with Crippen molar-refractivity contribution in [2.75, 3.05) is 39.3 Å². The van der Waals surface area contributed by atoms with Gasteiger partial charge in [-0.15, -0.1) is 0 Å². The fourth-order valence-corrected chi connectivity index (χ4v) is 7.76. The zero-order valence-corrected chi connectivity index (χ0v) is 22.3. The van der Waals surface area contributed by atoms with Gasteiger partial charge in [-0.2, -0.15) is 4.31 Å². The number of sulfonamides is 1. The highest BCUT2D eigenvalue weighted by atomic mass is 32.2. The Bertz CT molecular complexity index is 1320. The Kier molecular flexibility index (Phi) is 7.91. The molecule has 12 heteroatoms. The van der Waals surface area contributed by atoms with Crippen LogP contribution in [-0.4, -0.2) is 84.7 Å². The molecule has 0 spiro atoms. The molecular weight excluding hydrogens is 535 g/mol. The predicted octanol–water partition coefficient (Wildman–Crippen LogP) is 3.67. The van der Waals surface area contributed by atoms with Crippen molar-refractivity contribution in [1.29, 1.82) is 0 Å². The van der Waals surface area contributed by atoms with Crippen molar-refractivity contribution in [3.8, 4) is 0 Å². The molecule has 2 heterocycles. The van der Waals surface area contributed by atoms with E-state index in [4.69, 9.17) is 9.84 Å². The molecule has 0 unspecified atom stereocenters. The summed E-state index contributed by atoms with van der Waals surface area (Å²) < 4.78 is 78.0. The summed E-state index contributed by atoms with van der Waals surface area (Å²) in [6.07, 6.45) is 1.63. The summed E-state index contributed by atoms with van der Waals surface area (Å²) in [5.41, 5.74) is -0.692. The number of β-amino-alcohol motifs (C(OH)–C–C–N with tert-alkyl or cyclic N) is 1. The van der Waals surface area contributed by atoms with Crippen LogP contribution >= 0.6 is 0 Å². The second-order valence-electron chi connectivity index (χ2n) is 10.4. The molecule has 0 aromatic heterocycles. The maximum atomic E-state index is 14.9. The van der Waals surface area contributed by atoms with Gasteiger partial charge in [0.15, 0.2) is 0 Å². The van der Waals surface area contributed by atoms with E-state index in [2.05, 4.69) is 0 Å². The lowest BCUT2D eigenvalue weighted by Crippen LogP contribution is -2.55. The van der Waals surface area contributed by atoms with Gasteiger partial charge in [-0.25, -0.2) is 26.4 Å². The van der Waals surface area contributed by atoms with Crippen LogP contribution in [0.4, 0.5) is 18.0 Å². The number of piperidine rings is 1. The molecule has 3 fully saturated rings. The summed E-state index contributed by atoms with van der Waals surface area (Å²) in [5, 5.41) is 9.16. The van der Waals surface area contributed by atoms with E-state index < -0.39 is 56.1 Å². The monoisotopic (exact) mass is 567 g/mol. The molecule has 1 aliphatic carbocycles. The smallest absolute Gasteiger partial charge is 0.410 e. The van der Waals surface area contributed by atoms with Crippen LogP contribution in [-0.2, 0) is 14.8 Å². The molecule has 5 rings (SSSR count). The Morgan fingerprint density at radius 2 is 1.72 bits per heavy atom. The molecule has 1 saturated carbocycles. The Hall–Kier alpha value is -2.67. The van der Waals surface area contributed by atoms with Crippen molar-refractivity contribution in [2.24, 2.45) is 0 Å². The van der Waals surface area contributed by atoms with Gasteiger partial charge in [0.1, 0.15) is 27.9 Å². The lowest BCUT2D eigenvalue weighted by molar-refractivity contribution is -0.0145. The van der Waals surface area contributed by atoms with Crippen molar-refractivity contribution in [2.45, 2.75) is 54.7 Å². The number of ether oxygens (including phenoxy) is 1. The summed E-state index contributed by atoms with van der Waals surface area (Å²) in [5.74, 6) is -2.66. The van der Waals surface area contributed by atoms with Crippen LogP contribution in [0.2, 0.25) is 0 Å². The highest BCUT2D eigenvalue weighted by Gasteiger charge is 2.60. The Morgan fingerprint density at radius 3 is 2.36 bits per heavy atom. The van der Waals surface area contributed by atoms with E-state index in [9.17, 15) is 26.4 Å². The van der Waals surface area contributed by atoms with Crippen LogP contribution in [0.5, 0.6) is 0 Å². The Labute approximate surface area is 226 Å². The minimum Gasteiger partial charge on any atom is -0.441 e. The largest absolute Gasteiger partial charge is 0.441 e. The number of aliphatic hydroxyl groups is 1. The van der Waals surface area contributed by atoms with Crippen molar-refractivity contribution in [3.63, 3.8) is 0 Å². The van der Waals surface area contributed by atoms with Crippen LogP contribution < -0.4 is 0 Å². The topological polar surface area (TPSA) is 90.4 Å². The molecule has 2 atom stereocenters. The number of hydrogen-bond donors (Lipinski definition) is 1. The number of hydrogen-bond acceptors (Lipinski definition) is 6. The minimum atomic E-state index is -4.55. The molecule has 1 amide bonds. The third kappa shape index (κ3) is 5.65.